The quantitative estimate of drug-likeness (QED) is 0.693. The first-order valence-corrected chi connectivity index (χ1v) is 4.87. The Labute approximate surface area is 89.4 Å². The van der Waals surface area contributed by atoms with E-state index in [1.165, 1.54) is 0 Å². The Bertz CT molecular complexity index is 361. The maximum Gasteiger partial charge on any atom is 0.335 e. The van der Waals surface area contributed by atoms with Crippen LogP contribution >= 0.6 is 0 Å². The average molecular weight is 205 g/mol. The minimum atomic E-state index is -0.853. The summed E-state index contributed by atoms with van der Waals surface area (Å²) in [5.74, 6) is -0.853. The largest absolute Gasteiger partial charge is 0.478 e. The summed E-state index contributed by atoms with van der Waals surface area (Å²) in [6.45, 7) is 6.99. The van der Waals surface area contributed by atoms with Gasteiger partial charge in [-0.3, -0.25) is 0 Å². The molecule has 15 heavy (non-hydrogen) atoms. The highest BCUT2D eigenvalue weighted by Crippen LogP contribution is 2.22. The van der Waals surface area contributed by atoms with Crippen LogP contribution in [-0.2, 0) is 6.42 Å². The molecule has 1 heterocycles. The maximum absolute atomic E-state index is 10.7. The van der Waals surface area contributed by atoms with Crippen LogP contribution in [0.25, 0.3) is 0 Å². The van der Waals surface area contributed by atoms with E-state index in [2.05, 4.69) is 18.5 Å². The molecule has 0 bridgehead atoms. The minimum Gasteiger partial charge on any atom is -0.478 e. The molecule has 1 aromatic carbocycles. The second-order valence-electron chi connectivity index (χ2n) is 3.21. The lowest BCUT2D eigenvalue weighted by Gasteiger charge is -2.17. The highest BCUT2D eigenvalue weighted by atomic mass is 16.4. The number of carboxylic acids is 1. The van der Waals surface area contributed by atoms with Gasteiger partial charge in [-0.2, -0.15) is 0 Å². The summed E-state index contributed by atoms with van der Waals surface area (Å²) in [6.07, 6.45) is 2.06. The predicted octanol–water partition coefficient (Wildman–Crippen LogP) is 2.55. The fourth-order valence-corrected chi connectivity index (χ4v) is 1.61. The summed E-state index contributed by atoms with van der Waals surface area (Å²) in [4.78, 5) is 10.7. The van der Waals surface area contributed by atoms with Gasteiger partial charge in [0.25, 0.3) is 0 Å². The number of carboxylic acid groups (broad SMARTS) is 1. The summed E-state index contributed by atoms with van der Waals surface area (Å²) in [7, 11) is 0. The molecule has 80 valence electrons. The van der Waals surface area contributed by atoms with Crippen LogP contribution in [0.4, 0.5) is 5.69 Å². The van der Waals surface area contributed by atoms with Gasteiger partial charge < -0.3 is 10.4 Å². The molecular weight excluding hydrogens is 190 g/mol. The average Bonchev–Trinajstić information content (AvgIpc) is 2.31. The highest BCUT2D eigenvalue weighted by molar-refractivity contribution is 5.88. The molecule has 0 unspecified atom stereocenters. The number of benzene rings is 1. The number of rotatable bonds is 1. The van der Waals surface area contributed by atoms with Crippen molar-refractivity contribution in [3.05, 3.63) is 42.5 Å². The van der Waals surface area contributed by atoms with Crippen molar-refractivity contribution in [2.75, 3.05) is 11.9 Å². The predicted molar refractivity (Wildman–Crippen MR) is 61.5 cm³/mol. The number of nitrogens with one attached hydrogen (secondary N) is 1. The van der Waals surface area contributed by atoms with Crippen molar-refractivity contribution in [3.8, 4) is 0 Å². The number of anilines is 1. The van der Waals surface area contributed by atoms with Crippen molar-refractivity contribution in [2.24, 2.45) is 0 Å². The van der Waals surface area contributed by atoms with Gasteiger partial charge in [0.2, 0.25) is 0 Å². The molecular formula is C12H15NO2. The van der Waals surface area contributed by atoms with E-state index < -0.39 is 5.97 Å². The van der Waals surface area contributed by atoms with Crippen LogP contribution in [0.3, 0.4) is 0 Å². The lowest BCUT2D eigenvalue weighted by Crippen LogP contribution is -2.12. The molecule has 2 N–H and O–H groups in total. The van der Waals surface area contributed by atoms with Crippen LogP contribution in [0.1, 0.15) is 22.3 Å². The minimum absolute atomic E-state index is 0.377. The molecule has 0 saturated heterocycles. The maximum atomic E-state index is 10.7. The molecule has 0 aromatic heterocycles. The molecule has 1 aliphatic rings. The van der Waals surface area contributed by atoms with Crippen molar-refractivity contribution < 1.29 is 9.90 Å². The lowest BCUT2D eigenvalue weighted by molar-refractivity contribution is 0.0697. The Balaban J connectivity index is 0.000000531. The van der Waals surface area contributed by atoms with E-state index in [0.29, 0.717) is 5.56 Å². The molecule has 0 saturated carbocycles. The molecule has 0 aliphatic carbocycles. The molecule has 1 aromatic rings. The zero-order chi connectivity index (χ0) is 11.3. The molecule has 1 aliphatic heterocycles. The van der Waals surface area contributed by atoms with E-state index in [1.807, 2.05) is 6.07 Å². The third kappa shape index (κ3) is 2.59. The fourth-order valence-electron chi connectivity index (χ4n) is 1.61. The van der Waals surface area contributed by atoms with E-state index in [0.717, 1.165) is 30.6 Å². The highest BCUT2D eigenvalue weighted by Gasteiger charge is 2.10. The third-order valence-electron chi connectivity index (χ3n) is 2.29. The monoisotopic (exact) mass is 205 g/mol. The Morgan fingerprint density at radius 3 is 2.80 bits per heavy atom. The van der Waals surface area contributed by atoms with Crippen molar-refractivity contribution in [2.45, 2.75) is 12.8 Å². The van der Waals surface area contributed by atoms with Gasteiger partial charge in [-0.15, -0.1) is 13.2 Å². The molecule has 3 heteroatoms. The van der Waals surface area contributed by atoms with E-state index in [4.69, 9.17) is 5.11 Å². The number of fused-ring (bicyclic) bond motifs is 1. The zero-order valence-electron chi connectivity index (χ0n) is 8.62. The first-order chi connectivity index (χ1) is 7.27. The van der Waals surface area contributed by atoms with Gasteiger partial charge in [0.05, 0.1) is 5.56 Å². The number of hydrogen-bond donors (Lipinski definition) is 2. The van der Waals surface area contributed by atoms with Crippen LogP contribution in [0.15, 0.2) is 31.4 Å². The van der Waals surface area contributed by atoms with E-state index in [9.17, 15) is 4.79 Å². The van der Waals surface area contributed by atoms with Crippen molar-refractivity contribution in [3.63, 3.8) is 0 Å². The first kappa shape index (κ1) is 11.3. The van der Waals surface area contributed by atoms with Gasteiger partial charge in [0.1, 0.15) is 0 Å². The van der Waals surface area contributed by atoms with Gasteiger partial charge in [-0.05, 0) is 36.6 Å². The number of carbonyl (C=O) groups is 1. The normalized spacial score (nSPS) is 12.8. The van der Waals surface area contributed by atoms with Crippen molar-refractivity contribution >= 4 is 11.7 Å². The Morgan fingerprint density at radius 2 is 2.13 bits per heavy atom. The summed E-state index contributed by atoms with van der Waals surface area (Å²) in [6, 6.07) is 5.24. The first-order valence-electron chi connectivity index (χ1n) is 4.87. The molecule has 0 fully saturated rings. The Hall–Kier alpha value is -1.77. The van der Waals surface area contributed by atoms with Gasteiger partial charge in [0, 0.05) is 12.2 Å². The Morgan fingerprint density at radius 1 is 1.40 bits per heavy atom. The van der Waals surface area contributed by atoms with E-state index in [1.54, 1.807) is 12.1 Å². The van der Waals surface area contributed by atoms with Gasteiger partial charge in [-0.1, -0.05) is 0 Å². The standard InChI is InChI=1S/C10H11NO2.C2H4/c12-10(13)8-3-4-9-7(6-8)2-1-5-11-9;1-2/h3-4,6,11H,1-2,5H2,(H,12,13);1-2H2. The summed E-state index contributed by atoms with van der Waals surface area (Å²) >= 11 is 0. The van der Waals surface area contributed by atoms with Crippen LogP contribution < -0.4 is 5.32 Å². The van der Waals surface area contributed by atoms with Crippen molar-refractivity contribution in [1.29, 1.82) is 0 Å². The number of hydrogen-bond acceptors (Lipinski definition) is 2. The lowest BCUT2D eigenvalue weighted by atomic mass is 10.0. The topological polar surface area (TPSA) is 49.3 Å². The SMILES string of the molecule is C=C.O=C(O)c1ccc2c(c1)CCCN2. The molecule has 0 amide bonds. The summed E-state index contributed by atoms with van der Waals surface area (Å²) in [5.41, 5.74) is 2.57. The van der Waals surface area contributed by atoms with Crippen LogP contribution in [0, 0.1) is 0 Å². The summed E-state index contributed by atoms with van der Waals surface area (Å²) in [5, 5.41) is 12.0. The van der Waals surface area contributed by atoms with Gasteiger partial charge in [-0.25, -0.2) is 4.79 Å². The third-order valence-corrected chi connectivity index (χ3v) is 2.29. The van der Waals surface area contributed by atoms with Crippen LogP contribution in [0.2, 0.25) is 0 Å². The smallest absolute Gasteiger partial charge is 0.335 e. The number of aryl methyl sites for hydroxylation is 1. The van der Waals surface area contributed by atoms with Crippen LogP contribution in [0.5, 0.6) is 0 Å². The molecule has 0 spiro atoms. The van der Waals surface area contributed by atoms with Crippen LogP contribution in [-0.4, -0.2) is 17.6 Å². The molecule has 2 rings (SSSR count). The molecule has 0 radical (unpaired) electrons. The summed E-state index contributed by atoms with van der Waals surface area (Å²) < 4.78 is 0. The van der Waals surface area contributed by atoms with Gasteiger partial charge >= 0.3 is 5.97 Å². The van der Waals surface area contributed by atoms with E-state index in [-0.39, 0.29) is 0 Å². The van der Waals surface area contributed by atoms with E-state index >= 15 is 0 Å². The fraction of sp³-hybridized carbons (Fsp3) is 0.250. The molecule has 0 atom stereocenters. The second-order valence-corrected chi connectivity index (χ2v) is 3.21. The van der Waals surface area contributed by atoms with Crippen molar-refractivity contribution in [1.82, 2.24) is 0 Å². The second kappa shape index (κ2) is 5.20. The Kier molecular flexibility index (Phi) is 3.92. The number of aromatic carboxylic acids is 1. The molecule has 3 nitrogen and oxygen atoms in total. The zero-order valence-corrected chi connectivity index (χ0v) is 8.62. The van der Waals surface area contributed by atoms with Gasteiger partial charge in [0.15, 0.2) is 0 Å².